The number of non-ortho nitro benzene ring substituents is 1. The van der Waals surface area contributed by atoms with Crippen LogP contribution >= 0.6 is 0 Å². The largest absolute Gasteiger partial charge is 0.494 e. The van der Waals surface area contributed by atoms with Crippen LogP contribution in [0.4, 0.5) is 17.1 Å². The zero-order valence-corrected chi connectivity index (χ0v) is 18.1. The van der Waals surface area contributed by atoms with Gasteiger partial charge in [0.15, 0.2) is 0 Å². The van der Waals surface area contributed by atoms with Gasteiger partial charge in [-0.25, -0.2) is 8.42 Å². The van der Waals surface area contributed by atoms with Crippen molar-refractivity contribution < 1.29 is 22.9 Å². The molecule has 0 radical (unpaired) electrons. The second-order valence-electron chi connectivity index (χ2n) is 6.66. The van der Waals surface area contributed by atoms with Gasteiger partial charge < -0.3 is 10.1 Å². The molecule has 0 aliphatic heterocycles. The number of hydrogen-bond acceptors (Lipinski definition) is 6. The van der Waals surface area contributed by atoms with Crippen molar-refractivity contribution in [2.45, 2.75) is 33.2 Å². The van der Waals surface area contributed by atoms with Gasteiger partial charge in [-0.05, 0) is 38.0 Å². The number of rotatable bonds is 9. The van der Waals surface area contributed by atoms with Crippen LogP contribution in [-0.2, 0) is 14.8 Å². The quantitative estimate of drug-likeness (QED) is 0.476. The van der Waals surface area contributed by atoms with E-state index < -0.39 is 26.9 Å². The van der Waals surface area contributed by atoms with Crippen molar-refractivity contribution in [1.29, 1.82) is 0 Å². The van der Waals surface area contributed by atoms with Gasteiger partial charge in [0.25, 0.3) is 5.69 Å². The summed E-state index contributed by atoms with van der Waals surface area (Å²) in [6, 6.07) is 9.57. The third kappa shape index (κ3) is 5.47. The Labute approximate surface area is 175 Å². The lowest BCUT2D eigenvalue weighted by Crippen LogP contribution is -2.47. The molecule has 0 spiro atoms. The first-order chi connectivity index (χ1) is 14.1. The van der Waals surface area contributed by atoms with Crippen LogP contribution in [0.3, 0.4) is 0 Å². The highest BCUT2D eigenvalue weighted by atomic mass is 32.2. The highest BCUT2D eigenvalue weighted by Crippen LogP contribution is 2.30. The number of nitro groups is 1. The zero-order chi connectivity index (χ0) is 22.5. The molecule has 1 atom stereocenters. The molecule has 162 valence electrons. The fourth-order valence-electron chi connectivity index (χ4n) is 3.04. The van der Waals surface area contributed by atoms with Gasteiger partial charge in [0.1, 0.15) is 11.8 Å². The third-order valence-electron chi connectivity index (χ3n) is 4.38. The van der Waals surface area contributed by atoms with Crippen molar-refractivity contribution in [3.8, 4) is 5.75 Å². The minimum absolute atomic E-state index is 0.0942. The van der Waals surface area contributed by atoms with Gasteiger partial charge in [0, 0.05) is 23.9 Å². The Bertz CT molecular complexity index is 1040. The second kappa shape index (κ2) is 9.57. The molecule has 2 rings (SSSR count). The summed E-state index contributed by atoms with van der Waals surface area (Å²) in [5.74, 6) is 0.0142. The van der Waals surface area contributed by atoms with Crippen LogP contribution in [0.15, 0.2) is 42.5 Å². The first kappa shape index (κ1) is 23.1. The second-order valence-corrected chi connectivity index (χ2v) is 8.52. The third-order valence-corrected chi connectivity index (χ3v) is 5.55. The average Bonchev–Trinajstić information content (AvgIpc) is 2.66. The maximum Gasteiger partial charge on any atom is 0.271 e. The summed E-state index contributed by atoms with van der Waals surface area (Å²) in [4.78, 5) is 23.6. The highest BCUT2D eigenvalue weighted by molar-refractivity contribution is 7.92. The van der Waals surface area contributed by atoms with Crippen LogP contribution in [0, 0.1) is 17.0 Å². The molecule has 0 unspecified atom stereocenters. The Balaban J connectivity index is 2.45. The molecular formula is C20H25N3O6S. The number of carbonyl (C=O) groups is 1. The number of sulfonamides is 1. The molecule has 1 amide bonds. The van der Waals surface area contributed by atoms with Crippen molar-refractivity contribution in [3.63, 3.8) is 0 Å². The number of benzene rings is 2. The van der Waals surface area contributed by atoms with Crippen LogP contribution in [0.2, 0.25) is 0 Å². The number of ether oxygens (including phenoxy) is 1. The van der Waals surface area contributed by atoms with E-state index in [9.17, 15) is 23.3 Å². The topological polar surface area (TPSA) is 119 Å². The summed E-state index contributed by atoms with van der Waals surface area (Å²) in [6.45, 7) is 5.60. The molecule has 10 heteroatoms. The fourth-order valence-corrected chi connectivity index (χ4v) is 4.30. The Kier molecular flexibility index (Phi) is 7.38. The Morgan fingerprint density at radius 1 is 1.23 bits per heavy atom. The molecule has 9 nitrogen and oxygen atoms in total. The molecule has 0 saturated heterocycles. The maximum absolute atomic E-state index is 13.0. The minimum Gasteiger partial charge on any atom is -0.494 e. The summed E-state index contributed by atoms with van der Waals surface area (Å²) < 4.78 is 31.6. The van der Waals surface area contributed by atoms with Gasteiger partial charge in [0.05, 0.1) is 23.5 Å². The molecule has 0 fully saturated rings. The molecule has 30 heavy (non-hydrogen) atoms. The Morgan fingerprint density at radius 2 is 1.93 bits per heavy atom. The standard InChI is InChI=1S/C20H25N3O6S/c1-5-18(20(24)21-15-8-7-9-17(12-15)29-6-2)22(30(4,27)28)19-13-16(23(25)26)11-10-14(19)3/h7-13,18H,5-6H2,1-4H3,(H,21,24)/t18-/m0/s1. The molecule has 0 aliphatic carbocycles. The number of nitrogens with one attached hydrogen (secondary N) is 1. The molecule has 0 aromatic heterocycles. The average molecular weight is 436 g/mol. The predicted molar refractivity (Wildman–Crippen MR) is 115 cm³/mol. The molecule has 0 aliphatic rings. The summed E-state index contributed by atoms with van der Waals surface area (Å²) in [7, 11) is -3.92. The monoisotopic (exact) mass is 435 g/mol. The van der Waals surface area contributed by atoms with E-state index in [2.05, 4.69) is 5.32 Å². The van der Waals surface area contributed by atoms with Crippen LogP contribution in [-0.4, -0.2) is 38.2 Å². The molecule has 2 aromatic rings. The zero-order valence-electron chi connectivity index (χ0n) is 17.3. The van der Waals surface area contributed by atoms with E-state index in [4.69, 9.17) is 4.74 Å². The Morgan fingerprint density at radius 3 is 2.50 bits per heavy atom. The van der Waals surface area contributed by atoms with Gasteiger partial charge in [-0.2, -0.15) is 0 Å². The predicted octanol–water partition coefficient (Wildman–Crippen LogP) is 3.49. The van der Waals surface area contributed by atoms with E-state index in [1.165, 1.54) is 18.2 Å². The highest BCUT2D eigenvalue weighted by Gasteiger charge is 2.33. The number of amides is 1. The molecule has 1 N–H and O–H groups in total. The number of aryl methyl sites for hydroxylation is 1. The van der Waals surface area contributed by atoms with Crippen molar-refractivity contribution in [2.75, 3.05) is 22.5 Å². The maximum atomic E-state index is 13.0. The molecule has 0 saturated carbocycles. The fraction of sp³-hybridized carbons (Fsp3) is 0.350. The van der Waals surface area contributed by atoms with E-state index in [1.807, 2.05) is 6.92 Å². The van der Waals surface area contributed by atoms with Gasteiger partial charge in [0.2, 0.25) is 15.9 Å². The number of nitro benzene ring substituents is 1. The summed E-state index contributed by atoms with van der Waals surface area (Å²) in [5.41, 5.74) is 0.782. The lowest BCUT2D eigenvalue weighted by atomic mass is 10.1. The van der Waals surface area contributed by atoms with E-state index in [1.54, 1.807) is 38.1 Å². The van der Waals surface area contributed by atoms with Crippen LogP contribution in [0.1, 0.15) is 25.8 Å². The molecule has 2 aromatic carbocycles. The van der Waals surface area contributed by atoms with Gasteiger partial charge in [-0.1, -0.05) is 19.1 Å². The summed E-state index contributed by atoms with van der Waals surface area (Å²) >= 11 is 0. The first-order valence-corrected chi connectivity index (χ1v) is 11.2. The van der Waals surface area contributed by atoms with E-state index in [0.717, 1.165) is 10.6 Å². The van der Waals surface area contributed by atoms with E-state index in [0.29, 0.717) is 23.6 Å². The number of nitrogens with zero attached hydrogens (tertiary/aromatic N) is 2. The van der Waals surface area contributed by atoms with Crippen LogP contribution < -0.4 is 14.4 Å². The lowest BCUT2D eigenvalue weighted by Gasteiger charge is -2.31. The molecule has 0 bridgehead atoms. The summed E-state index contributed by atoms with van der Waals surface area (Å²) in [5, 5.41) is 13.9. The Hall–Kier alpha value is -3.14. The summed E-state index contributed by atoms with van der Waals surface area (Å²) in [6.07, 6.45) is 1.13. The number of carbonyl (C=O) groups excluding carboxylic acids is 1. The number of hydrogen-bond donors (Lipinski definition) is 1. The smallest absolute Gasteiger partial charge is 0.271 e. The van der Waals surface area contributed by atoms with Gasteiger partial charge in [-0.15, -0.1) is 0 Å². The van der Waals surface area contributed by atoms with Crippen molar-refractivity contribution in [1.82, 2.24) is 0 Å². The minimum atomic E-state index is -3.92. The number of anilines is 2. The normalized spacial score (nSPS) is 12.1. The van der Waals surface area contributed by atoms with Gasteiger partial charge >= 0.3 is 0 Å². The lowest BCUT2D eigenvalue weighted by molar-refractivity contribution is -0.384. The van der Waals surface area contributed by atoms with Gasteiger partial charge in [-0.3, -0.25) is 19.2 Å². The van der Waals surface area contributed by atoms with Crippen molar-refractivity contribution in [3.05, 3.63) is 58.1 Å². The van der Waals surface area contributed by atoms with E-state index >= 15 is 0 Å². The van der Waals surface area contributed by atoms with Crippen LogP contribution in [0.25, 0.3) is 0 Å². The van der Waals surface area contributed by atoms with E-state index in [-0.39, 0.29) is 17.8 Å². The first-order valence-electron chi connectivity index (χ1n) is 9.36. The van der Waals surface area contributed by atoms with Crippen molar-refractivity contribution >= 4 is 33.0 Å². The SMILES string of the molecule is CCOc1cccc(NC(=O)[C@H](CC)N(c2cc([N+](=O)[O-])ccc2C)S(C)(=O)=O)c1. The molecular weight excluding hydrogens is 410 g/mol. The van der Waals surface area contributed by atoms with Crippen LogP contribution in [0.5, 0.6) is 5.75 Å². The van der Waals surface area contributed by atoms with Crippen molar-refractivity contribution in [2.24, 2.45) is 0 Å². The molecule has 0 heterocycles.